The van der Waals surface area contributed by atoms with Crippen LogP contribution in [0.2, 0.25) is 9.36 Å². The molecule has 0 saturated heterocycles. The van der Waals surface area contributed by atoms with E-state index in [1.165, 1.54) is 13.8 Å². The van der Waals surface area contributed by atoms with Gasteiger partial charge in [0, 0.05) is 0 Å². The molecular formula is C11H10Cl2F3NO3S. The summed E-state index contributed by atoms with van der Waals surface area (Å²) < 4.78 is 42.8. The molecule has 1 N–H and O–H groups in total. The molecule has 1 aromatic heterocycles. The van der Waals surface area contributed by atoms with Crippen LogP contribution >= 0.6 is 34.5 Å². The normalized spacial score (nSPS) is 12.9. The largest absolute Gasteiger partial charge is 0.464 e. The van der Waals surface area contributed by atoms with Gasteiger partial charge in [0.1, 0.15) is 4.34 Å². The van der Waals surface area contributed by atoms with Gasteiger partial charge in [-0.2, -0.15) is 13.2 Å². The van der Waals surface area contributed by atoms with Crippen LogP contribution < -0.4 is 5.32 Å². The second-order valence-electron chi connectivity index (χ2n) is 3.84. The zero-order chi connectivity index (χ0) is 16.4. The lowest BCUT2D eigenvalue weighted by Gasteiger charge is -2.19. The molecule has 4 nitrogen and oxygen atoms in total. The van der Waals surface area contributed by atoms with Crippen molar-refractivity contribution >= 4 is 46.4 Å². The van der Waals surface area contributed by atoms with Crippen molar-refractivity contribution in [2.45, 2.75) is 26.1 Å². The number of hydrogen-bond acceptors (Lipinski definition) is 4. The van der Waals surface area contributed by atoms with E-state index < -0.39 is 24.1 Å². The number of rotatable bonds is 4. The maximum atomic E-state index is 12.8. The van der Waals surface area contributed by atoms with Gasteiger partial charge in [0.25, 0.3) is 5.91 Å². The number of alkyl halides is 3. The first-order chi connectivity index (χ1) is 9.59. The second-order valence-corrected chi connectivity index (χ2v) is 5.84. The van der Waals surface area contributed by atoms with E-state index in [9.17, 15) is 22.8 Å². The highest BCUT2D eigenvalue weighted by molar-refractivity contribution is 7.19. The molecule has 0 aliphatic heterocycles. The summed E-state index contributed by atoms with van der Waals surface area (Å²) in [5.41, 5.74) is 0.244. The van der Waals surface area contributed by atoms with E-state index in [4.69, 9.17) is 23.2 Å². The van der Waals surface area contributed by atoms with Crippen molar-refractivity contribution in [1.29, 1.82) is 0 Å². The van der Waals surface area contributed by atoms with Gasteiger partial charge in [0.15, 0.2) is 0 Å². The lowest BCUT2D eigenvalue weighted by molar-refractivity contribution is -0.182. The number of amides is 1. The molecule has 0 spiro atoms. The van der Waals surface area contributed by atoms with Crippen LogP contribution in [0.3, 0.4) is 0 Å². The highest BCUT2D eigenvalue weighted by atomic mass is 35.5. The molecule has 21 heavy (non-hydrogen) atoms. The van der Waals surface area contributed by atoms with Gasteiger partial charge in [-0.1, -0.05) is 23.2 Å². The molecule has 0 saturated carbocycles. The zero-order valence-electron chi connectivity index (χ0n) is 10.8. The SMILES string of the molecule is CCOC(=O)C(NC(=O)c1sc(Cl)c(Cl)c1C)C(F)(F)F. The van der Waals surface area contributed by atoms with Gasteiger partial charge in [-0.3, -0.25) is 4.79 Å². The van der Waals surface area contributed by atoms with Crippen molar-refractivity contribution in [3.8, 4) is 0 Å². The Hall–Kier alpha value is -0.990. The Morgan fingerprint density at radius 2 is 1.95 bits per heavy atom. The van der Waals surface area contributed by atoms with E-state index in [1.807, 2.05) is 0 Å². The summed E-state index contributed by atoms with van der Waals surface area (Å²) in [5, 5.41) is 1.68. The minimum absolute atomic E-state index is 0.0824. The standard InChI is InChI=1S/C11H10Cl2F3NO3S/c1-3-20-10(19)7(11(14,15)16)17-9(18)6-4(2)5(12)8(13)21-6/h7H,3H2,1-2H3,(H,17,18). The predicted molar refractivity (Wildman–Crippen MR) is 73.0 cm³/mol. The van der Waals surface area contributed by atoms with E-state index in [1.54, 1.807) is 5.32 Å². The Bertz CT molecular complexity index is 560. The molecule has 10 heteroatoms. The van der Waals surface area contributed by atoms with Crippen LogP contribution in [0.15, 0.2) is 0 Å². The van der Waals surface area contributed by atoms with Gasteiger partial charge < -0.3 is 10.1 Å². The van der Waals surface area contributed by atoms with Crippen LogP contribution in [0.4, 0.5) is 13.2 Å². The van der Waals surface area contributed by atoms with Gasteiger partial charge in [-0.05, 0) is 19.4 Å². The third kappa shape index (κ3) is 4.24. The molecule has 0 aromatic carbocycles. The number of halogens is 5. The Morgan fingerprint density at radius 1 is 1.38 bits per heavy atom. The molecule has 0 aliphatic rings. The fourth-order valence-corrected chi connectivity index (χ4v) is 2.84. The predicted octanol–water partition coefficient (Wildman–Crippen LogP) is 3.59. The topological polar surface area (TPSA) is 55.4 Å². The van der Waals surface area contributed by atoms with Crippen molar-refractivity contribution in [3.05, 3.63) is 19.8 Å². The first kappa shape index (κ1) is 18.1. The van der Waals surface area contributed by atoms with Gasteiger partial charge >= 0.3 is 12.1 Å². The molecule has 0 bridgehead atoms. The minimum atomic E-state index is -4.97. The van der Waals surface area contributed by atoms with Crippen LogP contribution in [0, 0.1) is 6.92 Å². The Labute approximate surface area is 132 Å². The first-order valence-electron chi connectivity index (χ1n) is 5.58. The average molecular weight is 364 g/mol. The Morgan fingerprint density at radius 3 is 2.33 bits per heavy atom. The lowest BCUT2D eigenvalue weighted by atomic mass is 10.2. The Kier molecular flexibility index (Phi) is 5.89. The fourth-order valence-electron chi connectivity index (χ4n) is 1.37. The van der Waals surface area contributed by atoms with Crippen LogP contribution in [-0.4, -0.2) is 30.7 Å². The zero-order valence-corrected chi connectivity index (χ0v) is 13.1. The molecular weight excluding hydrogens is 354 g/mol. The highest BCUT2D eigenvalue weighted by Crippen LogP contribution is 2.36. The number of carbonyl (C=O) groups is 2. The summed E-state index contributed by atoms with van der Waals surface area (Å²) in [6.45, 7) is 2.56. The molecule has 0 fully saturated rings. The third-order valence-corrected chi connectivity index (χ3v) is 4.55. The van der Waals surface area contributed by atoms with Crippen LogP contribution in [0.1, 0.15) is 22.2 Å². The lowest BCUT2D eigenvalue weighted by Crippen LogP contribution is -2.51. The summed E-state index contributed by atoms with van der Waals surface area (Å²) in [5.74, 6) is -2.67. The van der Waals surface area contributed by atoms with Gasteiger partial charge in [0.05, 0.1) is 16.5 Å². The molecule has 1 unspecified atom stereocenters. The molecule has 1 heterocycles. The number of esters is 1. The van der Waals surface area contributed by atoms with Crippen LogP contribution in [0.25, 0.3) is 0 Å². The number of carbonyl (C=O) groups excluding carboxylic acids is 2. The second kappa shape index (κ2) is 6.85. The Balaban J connectivity index is 3.01. The maximum absolute atomic E-state index is 12.8. The van der Waals surface area contributed by atoms with Gasteiger partial charge in [-0.25, -0.2) is 4.79 Å². The first-order valence-corrected chi connectivity index (χ1v) is 7.15. The smallest absolute Gasteiger partial charge is 0.419 e. The molecule has 1 rings (SSSR count). The van der Waals surface area contributed by atoms with E-state index in [0.29, 0.717) is 0 Å². The fraction of sp³-hybridized carbons (Fsp3) is 0.455. The average Bonchev–Trinajstić information content (AvgIpc) is 2.62. The molecule has 1 aromatic rings. The summed E-state index contributed by atoms with van der Waals surface area (Å²) in [7, 11) is 0. The monoisotopic (exact) mass is 363 g/mol. The van der Waals surface area contributed by atoms with Crippen molar-refractivity contribution in [2.75, 3.05) is 6.61 Å². The third-order valence-electron chi connectivity index (χ3n) is 2.37. The van der Waals surface area contributed by atoms with Crippen molar-refractivity contribution < 1.29 is 27.5 Å². The van der Waals surface area contributed by atoms with Crippen LogP contribution in [0.5, 0.6) is 0 Å². The molecule has 1 atom stereocenters. The number of nitrogens with one attached hydrogen (secondary N) is 1. The van der Waals surface area contributed by atoms with E-state index >= 15 is 0 Å². The highest BCUT2D eigenvalue weighted by Gasteiger charge is 2.47. The summed E-state index contributed by atoms with van der Waals surface area (Å²) in [4.78, 5) is 23.1. The minimum Gasteiger partial charge on any atom is -0.464 e. The summed E-state index contributed by atoms with van der Waals surface area (Å²) >= 11 is 12.2. The van der Waals surface area contributed by atoms with E-state index in [0.717, 1.165) is 11.3 Å². The summed E-state index contributed by atoms with van der Waals surface area (Å²) in [6, 6.07) is -2.75. The molecule has 118 valence electrons. The number of hydrogen-bond donors (Lipinski definition) is 1. The van der Waals surface area contributed by atoms with Crippen molar-refractivity contribution in [1.82, 2.24) is 5.32 Å². The number of thiophene rings is 1. The van der Waals surface area contributed by atoms with Crippen LogP contribution in [-0.2, 0) is 9.53 Å². The molecule has 1 amide bonds. The van der Waals surface area contributed by atoms with E-state index in [-0.39, 0.29) is 26.4 Å². The molecule has 0 aliphatic carbocycles. The van der Waals surface area contributed by atoms with Crippen molar-refractivity contribution in [3.63, 3.8) is 0 Å². The maximum Gasteiger partial charge on any atom is 0.419 e. The summed E-state index contributed by atoms with van der Waals surface area (Å²) in [6.07, 6.45) is -4.97. The van der Waals surface area contributed by atoms with Gasteiger partial charge in [0.2, 0.25) is 6.04 Å². The van der Waals surface area contributed by atoms with Crippen molar-refractivity contribution in [2.24, 2.45) is 0 Å². The molecule has 0 radical (unpaired) electrons. The number of ether oxygens (including phenoxy) is 1. The quantitative estimate of drug-likeness (QED) is 0.831. The van der Waals surface area contributed by atoms with Gasteiger partial charge in [-0.15, -0.1) is 11.3 Å². The van der Waals surface area contributed by atoms with E-state index in [2.05, 4.69) is 4.74 Å².